The van der Waals surface area contributed by atoms with E-state index in [1.807, 2.05) is 60.5 Å². The second kappa shape index (κ2) is 8.78. The van der Waals surface area contributed by atoms with Crippen LogP contribution < -0.4 is 0 Å². The molecule has 0 aromatic heterocycles. The van der Waals surface area contributed by atoms with Gasteiger partial charge in [-0.15, -0.1) is 0 Å². The Morgan fingerprint density at radius 1 is 0.952 bits per heavy atom. The summed E-state index contributed by atoms with van der Waals surface area (Å²) in [6, 6.07) is 24.0. The minimum Gasteiger partial charge on any atom is -0.507 e. The quantitative estimate of drug-likeness (QED) is 0.444. The molecule has 0 fully saturated rings. The topological polar surface area (TPSA) is 37.3 Å². The second-order valence-corrected chi connectivity index (χ2v) is 4.13. The van der Waals surface area contributed by atoms with Crippen molar-refractivity contribution in [2.75, 3.05) is 0 Å². The van der Waals surface area contributed by atoms with Gasteiger partial charge in [0.1, 0.15) is 11.7 Å². The van der Waals surface area contributed by atoms with E-state index in [2.05, 4.69) is 0 Å². The Morgan fingerprint density at radius 2 is 1.67 bits per heavy atom. The third kappa shape index (κ3) is 4.62. The minimum atomic E-state index is 0. The van der Waals surface area contributed by atoms with Crippen molar-refractivity contribution in [2.24, 2.45) is 0 Å². The van der Waals surface area contributed by atoms with Crippen LogP contribution in [-0.2, 0) is 21.9 Å². The van der Waals surface area contributed by atoms with Gasteiger partial charge in [0.05, 0.1) is 0 Å². The monoisotopic (exact) mass is 318 g/mol. The molecule has 106 valence electrons. The van der Waals surface area contributed by atoms with Crippen LogP contribution in [0.25, 0.3) is 5.57 Å². The van der Waals surface area contributed by atoms with Gasteiger partial charge in [-0.3, -0.25) is 0 Å². The van der Waals surface area contributed by atoms with E-state index in [9.17, 15) is 9.90 Å². The van der Waals surface area contributed by atoms with E-state index in [1.165, 1.54) is 0 Å². The van der Waals surface area contributed by atoms with Crippen LogP contribution in [0, 0.1) is 0 Å². The Kier molecular flexibility index (Phi) is 7.00. The summed E-state index contributed by atoms with van der Waals surface area (Å²) in [6.45, 7) is 0. The molecule has 0 heterocycles. The third-order valence-electron chi connectivity index (χ3n) is 2.78. The van der Waals surface area contributed by atoms with Gasteiger partial charge in [0.25, 0.3) is 0 Å². The summed E-state index contributed by atoms with van der Waals surface area (Å²) >= 11 is 0. The molecule has 0 saturated carbocycles. The van der Waals surface area contributed by atoms with Crippen LogP contribution in [0.4, 0.5) is 0 Å². The number of hydrogen-bond acceptors (Lipinski definition) is 2. The average Bonchev–Trinajstić information content (AvgIpc) is 3.17. The van der Waals surface area contributed by atoms with Crippen LogP contribution in [0.2, 0.25) is 0 Å². The van der Waals surface area contributed by atoms with E-state index in [0.717, 1.165) is 5.56 Å². The van der Waals surface area contributed by atoms with Gasteiger partial charge < -0.3 is 5.11 Å². The maximum Gasteiger partial charge on any atom is 2.00 e. The fourth-order valence-corrected chi connectivity index (χ4v) is 1.82. The molecule has 3 rings (SSSR count). The minimum absolute atomic E-state index is 0. The number of phenols is 1. The first-order valence-electron chi connectivity index (χ1n) is 6.25. The summed E-state index contributed by atoms with van der Waals surface area (Å²) in [7, 11) is 0. The average molecular weight is 318 g/mol. The number of hydrogen-bond donors (Lipinski definition) is 1. The molecule has 0 aliphatic carbocycles. The molecule has 0 radical (unpaired) electrons. The van der Waals surface area contributed by atoms with E-state index >= 15 is 0 Å². The molecular formula is C18H14FeO2. The normalized spacial score (nSPS) is 8.76. The zero-order chi connectivity index (χ0) is 14.2. The molecule has 21 heavy (non-hydrogen) atoms. The molecule has 1 N–H and O–H groups in total. The molecule has 3 heteroatoms. The Hall–Kier alpha value is -2.31. The summed E-state index contributed by atoms with van der Waals surface area (Å²) < 4.78 is 0. The van der Waals surface area contributed by atoms with Gasteiger partial charge in [-0.1, -0.05) is 18.2 Å². The standard InChI is InChI=1S/C13H9O2.C5H5.Fe/c14-9-12(10-5-1-2-6-10)11-7-3-4-8-13(11)15;1-2-4-5-3-1;/h1-8,15H;1-5H;/q2*-1;+2. The third-order valence-corrected chi connectivity index (χ3v) is 2.78. The Bertz CT molecular complexity index is 659. The molecule has 0 saturated heterocycles. The van der Waals surface area contributed by atoms with Crippen LogP contribution in [0.1, 0.15) is 11.1 Å². The van der Waals surface area contributed by atoms with Gasteiger partial charge in [-0.2, -0.15) is 42.0 Å². The van der Waals surface area contributed by atoms with Gasteiger partial charge in [0.15, 0.2) is 0 Å². The SMILES string of the molecule is O=C=C(c1cc[cH-]c1)c1ccccc1O.[Fe+2].c1cc[cH-]c1. The summed E-state index contributed by atoms with van der Waals surface area (Å²) in [6.07, 6.45) is 0. The van der Waals surface area contributed by atoms with Crippen molar-refractivity contribution in [1.29, 1.82) is 0 Å². The molecule has 0 unspecified atom stereocenters. The van der Waals surface area contributed by atoms with Gasteiger partial charge in [-0.25, -0.2) is 23.0 Å². The zero-order valence-electron chi connectivity index (χ0n) is 11.2. The van der Waals surface area contributed by atoms with Crippen molar-refractivity contribution < 1.29 is 27.0 Å². The van der Waals surface area contributed by atoms with Crippen LogP contribution in [-0.4, -0.2) is 11.0 Å². The molecule has 0 aliphatic rings. The number of rotatable bonds is 2. The van der Waals surface area contributed by atoms with Crippen molar-refractivity contribution in [2.45, 2.75) is 0 Å². The van der Waals surface area contributed by atoms with Crippen LogP contribution in [0.15, 0.2) is 78.9 Å². The molecule has 0 amide bonds. The fourth-order valence-electron chi connectivity index (χ4n) is 1.82. The van der Waals surface area contributed by atoms with Crippen LogP contribution in [0.3, 0.4) is 0 Å². The van der Waals surface area contributed by atoms with E-state index in [1.54, 1.807) is 24.3 Å². The maximum absolute atomic E-state index is 10.9. The van der Waals surface area contributed by atoms with Gasteiger partial charge in [0.2, 0.25) is 0 Å². The number of benzene rings is 1. The Balaban J connectivity index is 0.000000313. The first-order chi connectivity index (χ1) is 9.83. The van der Waals surface area contributed by atoms with Gasteiger partial charge >= 0.3 is 17.1 Å². The van der Waals surface area contributed by atoms with Crippen molar-refractivity contribution in [3.05, 3.63) is 90.0 Å². The van der Waals surface area contributed by atoms with E-state index in [4.69, 9.17) is 0 Å². The fraction of sp³-hybridized carbons (Fsp3) is 0. The molecule has 0 aliphatic heterocycles. The number of para-hydroxylation sites is 1. The summed E-state index contributed by atoms with van der Waals surface area (Å²) in [5.74, 6) is 1.96. The zero-order valence-corrected chi connectivity index (χ0v) is 12.3. The van der Waals surface area contributed by atoms with Crippen LogP contribution in [0.5, 0.6) is 5.75 Å². The molecule has 0 bridgehead atoms. The van der Waals surface area contributed by atoms with E-state index in [0.29, 0.717) is 11.1 Å². The summed E-state index contributed by atoms with van der Waals surface area (Å²) in [5.41, 5.74) is 1.67. The summed E-state index contributed by atoms with van der Waals surface area (Å²) in [4.78, 5) is 10.9. The first-order valence-corrected chi connectivity index (χ1v) is 6.25. The number of aromatic hydroxyl groups is 1. The number of phenolic OH excluding ortho intramolecular Hbond substituents is 1. The smallest absolute Gasteiger partial charge is 0.507 e. The van der Waals surface area contributed by atoms with Gasteiger partial charge in [0, 0.05) is 11.1 Å². The molecular weight excluding hydrogens is 304 g/mol. The molecule has 0 atom stereocenters. The Morgan fingerprint density at radius 3 is 2.14 bits per heavy atom. The molecule has 3 aromatic carbocycles. The predicted molar refractivity (Wildman–Crippen MR) is 80.4 cm³/mol. The largest absolute Gasteiger partial charge is 2.00 e. The first kappa shape index (κ1) is 16.7. The van der Waals surface area contributed by atoms with Crippen molar-refractivity contribution in [1.82, 2.24) is 0 Å². The summed E-state index contributed by atoms with van der Waals surface area (Å²) in [5, 5.41) is 9.61. The van der Waals surface area contributed by atoms with E-state index < -0.39 is 0 Å². The van der Waals surface area contributed by atoms with Crippen molar-refractivity contribution >= 4 is 11.5 Å². The van der Waals surface area contributed by atoms with Crippen molar-refractivity contribution in [3.63, 3.8) is 0 Å². The molecule has 3 aromatic rings. The van der Waals surface area contributed by atoms with E-state index in [-0.39, 0.29) is 22.8 Å². The van der Waals surface area contributed by atoms with Gasteiger partial charge in [-0.05, 0) is 6.07 Å². The Labute approximate surface area is 134 Å². The van der Waals surface area contributed by atoms with Crippen molar-refractivity contribution in [3.8, 4) is 5.75 Å². The maximum atomic E-state index is 10.9. The van der Waals surface area contributed by atoms with Crippen LogP contribution >= 0.6 is 0 Å². The predicted octanol–water partition coefficient (Wildman–Crippen LogP) is 3.78. The molecule has 2 nitrogen and oxygen atoms in total. The number of carbonyl (C=O) groups excluding carboxylic acids is 1. The molecule has 0 spiro atoms. The second-order valence-electron chi connectivity index (χ2n) is 4.13.